The number of nitrogens with one attached hydrogen (secondary N) is 1. The van der Waals surface area contributed by atoms with Crippen molar-refractivity contribution >= 4 is 17.6 Å². The van der Waals surface area contributed by atoms with E-state index in [0.717, 1.165) is 5.56 Å². The summed E-state index contributed by atoms with van der Waals surface area (Å²) in [5.74, 6) is -1.09. The molecular formula is C16H15NO4. The number of amides is 1. The number of methoxy groups -OCH3 is 1. The lowest BCUT2D eigenvalue weighted by molar-refractivity contribution is 0.0600. The molecular weight excluding hydrogens is 270 g/mol. The van der Waals surface area contributed by atoms with Crippen molar-refractivity contribution in [2.75, 3.05) is 12.4 Å². The standard InChI is InChI=1S/C16H15NO4/c1-10-3-5-11(6-4-10)15(19)17-13-8-7-12(9-14(13)18)16(20)21-2/h3-9,18H,1-2H3,(H,17,19). The summed E-state index contributed by atoms with van der Waals surface area (Å²) in [5.41, 5.74) is 1.98. The summed E-state index contributed by atoms with van der Waals surface area (Å²) in [4.78, 5) is 23.4. The lowest BCUT2D eigenvalue weighted by Gasteiger charge is -2.08. The molecule has 0 saturated carbocycles. The normalized spacial score (nSPS) is 10.0. The summed E-state index contributed by atoms with van der Waals surface area (Å²) in [6, 6.07) is 11.2. The van der Waals surface area contributed by atoms with Crippen LogP contribution in [0.1, 0.15) is 26.3 Å². The molecule has 0 aliphatic rings. The summed E-state index contributed by atoms with van der Waals surface area (Å²) >= 11 is 0. The molecule has 0 aliphatic carbocycles. The van der Waals surface area contributed by atoms with E-state index in [4.69, 9.17) is 0 Å². The number of rotatable bonds is 3. The van der Waals surface area contributed by atoms with Gasteiger partial charge in [0.15, 0.2) is 0 Å². The third-order valence-corrected chi connectivity index (χ3v) is 2.98. The Kier molecular flexibility index (Phi) is 4.23. The number of phenols is 1. The number of anilines is 1. The van der Waals surface area contributed by atoms with E-state index in [2.05, 4.69) is 10.1 Å². The summed E-state index contributed by atoms with van der Waals surface area (Å²) in [6.07, 6.45) is 0. The number of carbonyl (C=O) groups excluding carboxylic acids is 2. The number of aromatic hydroxyl groups is 1. The maximum absolute atomic E-state index is 12.0. The van der Waals surface area contributed by atoms with Crippen LogP contribution in [-0.2, 0) is 4.74 Å². The number of phenolic OH excluding ortho intramolecular Hbond substituents is 1. The van der Waals surface area contributed by atoms with Crippen LogP contribution in [0.3, 0.4) is 0 Å². The second-order valence-corrected chi connectivity index (χ2v) is 4.54. The highest BCUT2D eigenvalue weighted by molar-refractivity contribution is 6.05. The van der Waals surface area contributed by atoms with Gasteiger partial charge in [0, 0.05) is 5.56 Å². The Morgan fingerprint density at radius 3 is 2.24 bits per heavy atom. The molecule has 0 unspecified atom stereocenters. The van der Waals surface area contributed by atoms with Crippen LogP contribution in [0.2, 0.25) is 0 Å². The summed E-state index contributed by atoms with van der Waals surface area (Å²) in [6.45, 7) is 1.93. The Morgan fingerprint density at radius 2 is 1.67 bits per heavy atom. The predicted octanol–water partition coefficient (Wildman–Crippen LogP) is 2.74. The van der Waals surface area contributed by atoms with E-state index in [9.17, 15) is 14.7 Å². The fraction of sp³-hybridized carbons (Fsp3) is 0.125. The van der Waals surface area contributed by atoms with Crippen LogP contribution < -0.4 is 5.32 Å². The van der Waals surface area contributed by atoms with E-state index >= 15 is 0 Å². The maximum Gasteiger partial charge on any atom is 0.337 e. The molecule has 2 N–H and O–H groups in total. The third kappa shape index (κ3) is 3.39. The molecule has 0 fully saturated rings. The fourth-order valence-corrected chi connectivity index (χ4v) is 1.78. The smallest absolute Gasteiger partial charge is 0.337 e. The predicted molar refractivity (Wildman–Crippen MR) is 78.6 cm³/mol. The molecule has 0 aromatic heterocycles. The number of ether oxygens (including phenoxy) is 1. The Bertz CT molecular complexity index is 677. The van der Waals surface area contributed by atoms with Gasteiger partial charge in [0.05, 0.1) is 18.4 Å². The highest BCUT2D eigenvalue weighted by atomic mass is 16.5. The minimum atomic E-state index is -0.554. The van der Waals surface area contributed by atoms with Crippen molar-refractivity contribution in [1.82, 2.24) is 0 Å². The molecule has 0 radical (unpaired) electrons. The second kappa shape index (κ2) is 6.09. The van der Waals surface area contributed by atoms with Crippen molar-refractivity contribution in [3.05, 3.63) is 59.2 Å². The quantitative estimate of drug-likeness (QED) is 0.671. The van der Waals surface area contributed by atoms with Crippen LogP contribution >= 0.6 is 0 Å². The van der Waals surface area contributed by atoms with Gasteiger partial charge in [-0.1, -0.05) is 17.7 Å². The number of esters is 1. The molecule has 2 rings (SSSR count). The lowest BCUT2D eigenvalue weighted by Crippen LogP contribution is -2.12. The molecule has 0 atom stereocenters. The van der Waals surface area contributed by atoms with E-state index in [1.54, 1.807) is 12.1 Å². The molecule has 5 nitrogen and oxygen atoms in total. The molecule has 0 bridgehead atoms. The van der Waals surface area contributed by atoms with E-state index in [1.807, 2.05) is 19.1 Å². The zero-order valence-electron chi connectivity index (χ0n) is 11.7. The number of benzene rings is 2. The van der Waals surface area contributed by atoms with Gasteiger partial charge in [-0.15, -0.1) is 0 Å². The first-order chi connectivity index (χ1) is 10.0. The van der Waals surface area contributed by atoms with Gasteiger partial charge in [0.2, 0.25) is 0 Å². The molecule has 108 valence electrons. The largest absolute Gasteiger partial charge is 0.506 e. The molecule has 2 aromatic rings. The number of carbonyl (C=O) groups is 2. The topological polar surface area (TPSA) is 75.6 Å². The molecule has 2 aromatic carbocycles. The minimum Gasteiger partial charge on any atom is -0.506 e. The van der Waals surface area contributed by atoms with E-state index in [0.29, 0.717) is 5.56 Å². The Balaban J connectivity index is 2.18. The molecule has 0 spiro atoms. The number of hydrogen-bond donors (Lipinski definition) is 2. The van der Waals surface area contributed by atoms with Gasteiger partial charge in [-0.05, 0) is 37.3 Å². The Morgan fingerprint density at radius 1 is 1.05 bits per heavy atom. The number of aryl methyl sites for hydroxylation is 1. The van der Waals surface area contributed by atoms with Crippen LogP contribution in [0.4, 0.5) is 5.69 Å². The molecule has 0 heterocycles. The van der Waals surface area contributed by atoms with Crippen molar-refractivity contribution in [1.29, 1.82) is 0 Å². The number of hydrogen-bond acceptors (Lipinski definition) is 4. The van der Waals surface area contributed by atoms with Gasteiger partial charge in [0.1, 0.15) is 5.75 Å². The fourth-order valence-electron chi connectivity index (χ4n) is 1.78. The van der Waals surface area contributed by atoms with Crippen molar-refractivity contribution in [3.8, 4) is 5.75 Å². The van der Waals surface area contributed by atoms with Gasteiger partial charge in [0.25, 0.3) is 5.91 Å². The molecule has 5 heteroatoms. The van der Waals surface area contributed by atoms with Gasteiger partial charge >= 0.3 is 5.97 Å². The maximum atomic E-state index is 12.0. The van der Waals surface area contributed by atoms with Gasteiger partial charge in [-0.2, -0.15) is 0 Å². The summed E-state index contributed by atoms with van der Waals surface area (Å²) < 4.78 is 4.56. The average Bonchev–Trinajstić information content (AvgIpc) is 2.49. The van der Waals surface area contributed by atoms with Crippen molar-refractivity contribution in [2.45, 2.75) is 6.92 Å². The van der Waals surface area contributed by atoms with Crippen LogP contribution in [0.25, 0.3) is 0 Å². The van der Waals surface area contributed by atoms with Crippen molar-refractivity contribution < 1.29 is 19.4 Å². The highest BCUT2D eigenvalue weighted by Crippen LogP contribution is 2.25. The first-order valence-electron chi connectivity index (χ1n) is 6.30. The molecule has 0 aliphatic heterocycles. The van der Waals surface area contributed by atoms with E-state index < -0.39 is 5.97 Å². The van der Waals surface area contributed by atoms with Crippen molar-refractivity contribution in [3.63, 3.8) is 0 Å². The lowest BCUT2D eigenvalue weighted by atomic mass is 10.1. The highest BCUT2D eigenvalue weighted by Gasteiger charge is 2.12. The van der Waals surface area contributed by atoms with E-state index in [1.165, 1.54) is 25.3 Å². The molecule has 1 amide bonds. The first-order valence-corrected chi connectivity index (χ1v) is 6.30. The average molecular weight is 285 g/mol. The van der Waals surface area contributed by atoms with Crippen LogP contribution in [0.15, 0.2) is 42.5 Å². The third-order valence-electron chi connectivity index (χ3n) is 2.98. The first kappa shape index (κ1) is 14.6. The zero-order chi connectivity index (χ0) is 15.4. The van der Waals surface area contributed by atoms with Gasteiger partial charge in [-0.3, -0.25) is 4.79 Å². The van der Waals surface area contributed by atoms with Crippen LogP contribution in [-0.4, -0.2) is 24.1 Å². The van der Waals surface area contributed by atoms with Crippen LogP contribution in [0.5, 0.6) is 5.75 Å². The minimum absolute atomic E-state index is 0.196. The Hall–Kier alpha value is -2.82. The van der Waals surface area contributed by atoms with Crippen LogP contribution in [0, 0.1) is 6.92 Å². The monoisotopic (exact) mass is 285 g/mol. The Labute approximate surface area is 122 Å². The zero-order valence-corrected chi connectivity index (χ0v) is 11.7. The summed E-state index contributed by atoms with van der Waals surface area (Å²) in [7, 11) is 1.26. The van der Waals surface area contributed by atoms with Gasteiger partial charge < -0.3 is 15.2 Å². The van der Waals surface area contributed by atoms with Crippen molar-refractivity contribution in [2.24, 2.45) is 0 Å². The molecule has 0 saturated heterocycles. The van der Waals surface area contributed by atoms with Gasteiger partial charge in [-0.25, -0.2) is 4.79 Å². The SMILES string of the molecule is COC(=O)c1ccc(NC(=O)c2ccc(C)cc2)c(O)c1. The summed E-state index contributed by atoms with van der Waals surface area (Å²) in [5, 5.41) is 12.4. The second-order valence-electron chi connectivity index (χ2n) is 4.54. The van der Waals surface area contributed by atoms with E-state index in [-0.39, 0.29) is 22.9 Å². The molecule has 21 heavy (non-hydrogen) atoms.